The fourth-order valence-electron chi connectivity index (χ4n) is 2.96. The molecule has 0 spiro atoms. The first-order valence-electron chi connectivity index (χ1n) is 6.68. The summed E-state index contributed by atoms with van der Waals surface area (Å²) in [6.07, 6.45) is 0. The summed E-state index contributed by atoms with van der Waals surface area (Å²) in [6, 6.07) is -0.919. The van der Waals surface area contributed by atoms with Crippen LogP contribution in [0.15, 0.2) is 0 Å². The third kappa shape index (κ3) is 1.55. The van der Waals surface area contributed by atoms with Crippen LogP contribution in [0, 0.1) is 5.92 Å². The predicted molar refractivity (Wildman–Crippen MR) is 73.0 cm³/mol. The highest BCUT2D eigenvalue weighted by molar-refractivity contribution is 6.08. The molecule has 0 aromatic heterocycles. The maximum Gasteiger partial charge on any atom is 0.330 e. The second-order valence-corrected chi connectivity index (χ2v) is 5.93. The monoisotopic (exact) mass is 296 g/mol. The van der Waals surface area contributed by atoms with Crippen LogP contribution in [0.5, 0.6) is 0 Å². The Labute approximate surface area is 123 Å². The number of nitrogens with one attached hydrogen (secondary N) is 1. The van der Waals surface area contributed by atoms with Gasteiger partial charge in [0, 0.05) is 14.1 Å². The van der Waals surface area contributed by atoms with Crippen molar-refractivity contribution in [1.29, 1.82) is 0 Å². The molecule has 0 bridgehead atoms. The average molecular weight is 296 g/mol. The smallest absolute Gasteiger partial charge is 0.311 e. The molecular weight excluding hydrogens is 276 g/mol. The molecule has 0 saturated carbocycles. The Morgan fingerprint density at radius 1 is 1.14 bits per heavy atom. The largest absolute Gasteiger partial charge is 0.330 e. The van der Waals surface area contributed by atoms with Gasteiger partial charge in [-0.05, 0) is 27.7 Å². The zero-order valence-corrected chi connectivity index (χ0v) is 13.1. The van der Waals surface area contributed by atoms with Crippen LogP contribution >= 0.6 is 0 Å². The van der Waals surface area contributed by atoms with E-state index < -0.39 is 29.2 Å². The number of hydrogen-bond donors (Lipinski definition) is 1. The van der Waals surface area contributed by atoms with Gasteiger partial charge in [0.05, 0.1) is 5.92 Å². The van der Waals surface area contributed by atoms with Crippen molar-refractivity contribution in [3.63, 3.8) is 0 Å². The van der Waals surface area contributed by atoms with Gasteiger partial charge in [-0.15, -0.1) is 0 Å². The van der Waals surface area contributed by atoms with Gasteiger partial charge < -0.3 is 15.1 Å². The van der Waals surface area contributed by atoms with Gasteiger partial charge >= 0.3 is 12.1 Å². The Bertz CT molecular complexity index is 562. The van der Waals surface area contributed by atoms with E-state index in [1.807, 2.05) is 0 Å². The molecule has 2 heterocycles. The number of fused-ring (bicyclic) bond motifs is 1. The van der Waals surface area contributed by atoms with Crippen LogP contribution in [0.1, 0.15) is 27.7 Å². The third-order valence-corrected chi connectivity index (χ3v) is 5.01. The van der Waals surface area contributed by atoms with E-state index in [0.717, 1.165) is 4.90 Å². The molecule has 2 aliphatic rings. The summed E-state index contributed by atoms with van der Waals surface area (Å²) >= 11 is 0. The molecule has 0 aromatic rings. The van der Waals surface area contributed by atoms with E-state index in [2.05, 4.69) is 5.32 Å². The molecule has 5 amide bonds. The first kappa shape index (κ1) is 15.3. The van der Waals surface area contributed by atoms with Crippen molar-refractivity contribution in [2.24, 2.45) is 5.92 Å². The molecule has 0 aliphatic carbocycles. The van der Waals surface area contributed by atoms with Crippen LogP contribution in [0.4, 0.5) is 9.59 Å². The predicted octanol–water partition coefficient (Wildman–Crippen LogP) is 0.193. The van der Waals surface area contributed by atoms with Crippen molar-refractivity contribution in [2.75, 3.05) is 14.1 Å². The Balaban J connectivity index is 2.54. The van der Waals surface area contributed by atoms with E-state index in [1.54, 1.807) is 20.9 Å². The number of amides is 5. The normalized spacial score (nSPS) is 33.1. The minimum Gasteiger partial charge on any atom is -0.311 e. The van der Waals surface area contributed by atoms with Crippen LogP contribution < -0.4 is 5.32 Å². The first-order valence-corrected chi connectivity index (χ1v) is 6.68. The number of carbonyl (C=O) groups is 4. The van der Waals surface area contributed by atoms with E-state index in [4.69, 9.17) is 0 Å². The van der Waals surface area contributed by atoms with Crippen molar-refractivity contribution < 1.29 is 19.2 Å². The van der Waals surface area contributed by atoms with Crippen molar-refractivity contribution in [2.45, 2.75) is 39.0 Å². The minimum absolute atomic E-state index is 0.328. The van der Waals surface area contributed by atoms with E-state index in [1.165, 1.54) is 30.7 Å². The summed E-state index contributed by atoms with van der Waals surface area (Å²) < 4.78 is 0. The van der Waals surface area contributed by atoms with Crippen LogP contribution in [0.2, 0.25) is 0 Å². The van der Waals surface area contributed by atoms with Crippen LogP contribution in [-0.4, -0.2) is 63.9 Å². The lowest BCUT2D eigenvalue weighted by molar-refractivity contribution is -0.141. The second kappa shape index (κ2) is 4.19. The first-order chi connectivity index (χ1) is 9.50. The molecular formula is C13H20N4O4. The molecule has 0 radical (unpaired) electrons. The highest BCUT2D eigenvalue weighted by Crippen LogP contribution is 2.45. The van der Waals surface area contributed by atoms with Gasteiger partial charge in [0.15, 0.2) is 11.3 Å². The number of imide groups is 1. The maximum absolute atomic E-state index is 12.5. The number of nitrogens with zero attached hydrogens (tertiary/aromatic N) is 3. The molecule has 8 nitrogen and oxygen atoms in total. The number of likely N-dealkylation sites (N-methyl/N-ethyl adjacent to an activating group) is 2. The molecule has 2 aliphatic heterocycles. The van der Waals surface area contributed by atoms with Crippen molar-refractivity contribution in [3.8, 4) is 0 Å². The fraction of sp³-hybridized carbons (Fsp3) is 0.692. The van der Waals surface area contributed by atoms with Gasteiger partial charge in [-0.3, -0.25) is 9.59 Å². The van der Waals surface area contributed by atoms with Crippen molar-refractivity contribution >= 4 is 23.8 Å². The van der Waals surface area contributed by atoms with Gasteiger partial charge in [-0.2, -0.15) is 0 Å². The van der Waals surface area contributed by atoms with E-state index >= 15 is 0 Å². The van der Waals surface area contributed by atoms with Gasteiger partial charge in [0.1, 0.15) is 5.78 Å². The number of hydrogen-bond acceptors (Lipinski definition) is 4. The lowest BCUT2D eigenvalue weighted by Gasteiger charge is -2.41. The fourth-order valence-corrected chi connectivity index (χ4v) is 2.96. The van der Waals surface area contributed by atoms with E-state index in [-0.39, 0.29) is 11.8 Å². The number of urea groups is 2. The average Bonchev–Trinajstić information content (AvgIpc) is 2.67. The van der Waals surface area contributed by atoms with Crippen LogP contribution in [0.3, 0.4) is 0 Å². The summed E-state index contributed by atoms with van der Waals surface area (Å²) in [5, 5.41) is 2.69. The zero-order valence-electron chi connectivity index (χ0n) is 13.1. The molecule has 2 rings (SSSR count). The molecule has 1 N–H and O–H groups in total. The molecule has 21 heavy (non-hydrogen) atoms. The molecule has 2 saturated heterocycles. The highest BCUT2D eigenvalue weighted by Gasteiger charge is 2.71. The quantitative estimate of drug-likeness (QED) is 0.737. The SMILES string of the molecule is CC(=O)[C@H](C)C(=O)N1C(=O)N(C)[C@]2(C)N(C)C(=O)N[C@]12C. The van der Waals surface area contributed by atoms with Gasteiger partial charge in [-0.1, -0.05) is 0 Å². The molecule has 116 valence electrons. The number of carbonyl (C=O) groups excluding carboxylic acids is 4. The topological polar surface area (TPSA) is 90.0 Å². The lowest BCUT2D eigenvalue weighted by Crippen LogP contribution is -2.64. The number of Topliss-reactive ketones (excluding diaryl/α,β-unsaturated/α-hetero) is 1. The van der Waals surface area contributed by atoms with Crippen LogP contribution in [0.25, 0.3) is 0 Å². The number of rotatable bonds is 2. The summed E-state index contributed by atoms with van der Waals surface area (Å²) in [5.74, 6) is -1.88. The Morgan fingerprint density at radius 3 is 2.14 bits per heavy atom. The Kier molecular flexibility index (Phi) is 3.05. The van der Waals surface area contributed by atoms with Gasteiger partial charge in [-0.25, -0.2) is 14.5 Å². The third-order valence-electron chi connectivity index (χ3n) is 5.01. The molecule has 8 heteroatoms. The summed E-state index contributed by atoms with van der Waals surface area (Å²) in [6.45, 7) is 6.07. The zero-order chi connectivity index (χ0) is 16.3. The van der Waals surface area contributed by atoms with Crippen molar-refractivity contribution in [1.82, 2.24) is 20.0 Å². The summed E-state index contributed by atoms with van der Waals surface area (Å²) in [4.78, 5) is 52.2. The van der Waals surface area contributed by atoms with Crippen molar-refractivity contribution in [3.05, 3.63) is 0 Å². The standard InChI is InChI=1S/C13H20N4O4/c1-7(8(2)18)9(19)17-11(21)16(6)13(4)12(17,3)14-10(20)15(13)5/h7H,1-6H3,(H,14,20)/t7-,12+,13-/m0/s1. The van der Waals surface area contributed by atoms with Crippen LogP contribution in [-0.2, 0) is 9.59 Å². The van der Waals surface area contributed by atoms with Gasteiger partial charge in [0.2, 0.25) is 5.91 Å². The molecule has 3 atom stereocenters. The van der Waals surface area contributed by atoms with Gasteiger partial charge in [0.25, 0.3) is 0 Å². The minimum atomic E-state index is -1.23. The Morgan fingerprint density at radius 2 is 1.67 bits per heavy atom. The summed E-state index contributed by atoms with van der Waals surface area (Å²) in [7, 11) is 3.09. The maximum atomic E-state index is 12.5. The highest BCUT2D eigenvalue weighted by atomic mass is 16.2. The van der Waals surface area contributed by atoms with E-state index in [9.17, 15) is 19.2 Å². The number of ketones is 1. The second-order valence-electron chi connectivity index (χ2n) is 5.93. The summed E-state index contributed by atoms with van der Waals surface area (Å²) in [5.41, 5.74) is -2.25. The van der Waals surface area contributed by atoms with E-state index in [0.29, 0.717) is 0 Å². The molecule has 0 unspecified atom stereocenters. The lowest BCUT2D eigenvalue weighted by atomic mass is 9.95. The Hall–Kier alpha value is -2.12. The molecule has 0 aromatic carbocycles. The molecule has 2 fully saturated rings.